The highest BCUT2D eigenvalue weighted by atomic mass is 16.4. The lowest BCUT2D eigenvalue weighted by atomic mass is 10.0. The SMILES string of the molecule is O=C(O)Cc1cccc(NC(=O)c2cccc(-c3ccccc3)c2)c1. The molecule has 0 aliphatic heterocycles. The second kappa shape index (κ2) is 7.45. The quantitative estimate of drug-likeness (QED) is 0.735. The van der Waals surface area contributed by atoms with Crippen LogP contribution in [0.25, 0.3) is 11.1 Å². The number of benzene rings is 3. The summed E-state index contributed by atoms with van der Waals surface area (Å²) in [4.78, 5) is 23.3. The van der Waals surface area contributed by atoms with Crippen molar-refractivity contribution in [2.75, 3.05) is 5.32 Å². The van der Waals surface area contributed by atoms with Crippen LogP contribution >= 0.6 is 0 Å². The first-order valence-corrected chi connectivity index (χ1v) is 7.89. The molecule has 2 N–H and O–H groups in total. The fourth-order valence-corrected chi connectivity index (χ4v) is 2.61. The zero-order valence-corrected chi connectivity index (χ0v) is 13.5. The molecule has 4 nitrogen and oxygen atoms in total. The smallest absolute Gasteiger partial charge is 0.307 e. The molecular formula is C21H17NO3. The van der Waals surface area contributed by atoms with E-state index < -0.39 is 5.97 Å². The number of carbonyl (C=O) groups excluding carboxylic acids is 1. The van der Waals surface area contributed by atoms with Crippen molar-refractivity contribution in [1.82, 2.24) is 0 Å². The van der Waals surface area contributed by atoms with E-state index in [0.29, 0.717) is 16.8 Å². The number of hydrogen-bond donors (Lipinski definition) is 2. The van der Waals surface area contributed by atoms with Gasteiger partial charge in [-0.25, -0.2) is 0 Å². The summed E-state index contributed by atoms with van der Waals surface area (Å²) in [6, 6.07) is 24.1. The summed E-state index contributed by atoms with van der Waals surface area (Å²) >= 11 is 0. The van der Waals surface area contributed by atoms with Crippen LogP contribution in [0.3, 0.4) is 0 Å². The van der Waals surface area contributed by atoms with Crippen molar-refractivity contribution in [3.8, 4) is 11.1 Å². The van der Waals surface area contributed by atoms with Crippen LogP contribution in [0.1, 0.15) is 15.9 Å². The minimum Gasteiger partial charge on any atom is -0.481 e. The van der Waals surface area contributed by atoms with E-state index in [1.165, 1.54) is 0 Å². The first kappa shape index (κ1) is 16.5. The summed E-state index contributed by atoms with van der Waals surface area (Å²) < 4.78 is 0. The summed E-state index contributed by atoms with van der Waals surface area (Å²) in [5.41, 5.74) is 3.77. The molecule has 25 heavy (non-hydrogen) atoms. The van der Waals surface area contributed by atoms with E-state index in [1.54, 1.807) is 30.3 Å². The third-order valence-electron chi connectivity index (χ3n) is 3.77. The number of carboxylic acids is 1. The van der Waals surface area contributed by atoms with Crippen molar-refractivity contribution in [2.24, 2.45) is 0 Å². The summed E-state index contributed by atoms with van der Waals surface area (Å²) in [6.45, 7) is 0. The molecule has 3 rings (SSSR count). The number of hydrogen-bond acceptors (Lipinski definition) is 2. The minimum atomic E-state index is -0.904. The number of anilines is 1. The fraction of sp³-hybridized carbons (Fsp3) is 0.0476. The van der Waals surface area contributed by atoms with Crippen LogP contribution in [-0.4, -0.2) is 17.0 Å². The molecular weight excluding hydrogens is 314 g/mol. The molecule has 0 saturated carbocycles. The van der Waals surface area contributed by atoms with E-state index >= 15 is 0 Å². The molecule has 3 aromatic carbocycles. The number of rotatable bonds is 5. The maximum atomic E-state index is 12.5. The standard InChI is InChI=1S/C21H17NO3/c23-20(24)13-15-6-4-11-19(12-15)22-21(25)18-10-5-9-17(14-18)16-7-2-1-3-8-16/h1-12,14H,13H2,(H,22,25)(H,23,24). The van der Waals surface area contributed by atoms with Gasteiger partial charge in [0.2, 0.25) is 0 Å². The van der Waals surface area contributed by atoms with Crippen LogP contribution in [0.4, 0.5) is 5.69 Å². The predicted molar refractivity (Wildman–Crippen MR) is 97.6 cm³/mol. The van der Waals surface area contributed by atoms with Crippen LogP contribution in [0, 0.1) is 0 Å². The van der Waals surface area contributed by atoms with Crippen molar-refractivity contribution in [2.45, 2.75) is 6.42 Å². The first-order chi connectivity index (χ1) is 12.1. The molecule has 0 saturated heterocycles. The monoisotopic (exact) mass is 331 g/mol. The summed E-state index contributed by atoms with van der Waals surface area (Å²) in [6.07, 6.45) is -0.0762. The van der Waals surface area contributed by atoms with Crippen molar-refractivity contribution >= 4 is 17.6 Å². The lowest BCUT2D eigenvalue weighted by molar-refractivity contribution is -0.136. The Bertz CT molecular complexity index is 904. The normalized spacial score (nSPS) is 10.2. The number of carbonyl (C=O) groups is 2. The molecule has 0 spiro atoms. The maximum Gasteiger partial charge on any atom is 0.307 e. The first-order valence-electron chi connectivity index (χ1n) is 7.89. The van der Waals surface area contributed by atoms with Crippen molar-refractivity contribution in [3.05, 3.63) is 90.0 Å². The lowest BCUT2D eigenvalue weighted by Gasteiger charge is -2.08. The third kappa shape index (κ3) is 4.32. The molecule has 0 bridgehead atoms. The van der Waals surface area contributed by atoms with Crippen molar-refractivity contribution in [1.29, 1.82) is 0 Å². The lowest BCUT2D eigenvalue weighted by Crippen LogP contribution is -2.12. The molecule has 0 aliphatic rings. The van der Waals surface area contributed by atoms with E-state index in [9.17, 15) is 9.59 Å². The highest BCUT2D eigenvalue weighted by molar-refractivity contribution is 6.05. The van der Waals surface area contributed by atoms with Gasteiger partial charge in [-0.15, -0.1) is 0 Å². The van der Waals surface area contributed by atoms with Crippen LogP contribution in [0.2, 0.25) is 0 Å². The molecule has 0 aromatic heterocycles. The number of amides is 1. The Kier molecular flexibility index (Phi) is 4.90. The molecule has 124 valence electrons. The van der Waals surface area contributed by atoms with E-state index in [4.69, 9.17) is 5.11 Å². The molecule has 0 aliphatic carbocycles. The fourth-order valence-electron chi connectivity index (χ4n) is 2.61. The van der Waals surface area contributed by atoms with Gasteiger partial charge in [-0.3, -0.25) is 9.59 Å². The molecule has 1 amide bonds. The van der Waals surface area contributed by atoms with Crippen LogP contribution in [-0.2, 0) is 11.2 Å². The van der Waals surface area contributed by atoms with Crippen molar-refractivity contribution in [3.63, 3.8) is 0 Å². The summed E-state index contributed by atoms with van der Waals surface area (Å²) in [7, 11) is 0. The zero-order valence-electron chi connectivity index (χ0n) is 13.5. The molecule has 3 aromatic rings. The molecule has 0 radical (unpaired) electrons. The Balaban J connectivity index is 1.79. The molecule has 0 heterocycles. The Morgan fingerprint density at radius 1 is 0.800 bits per heavy atom. The Hall–Kier alpha value is -3.40. The van der Waals surface area contributed by atoms with Gasteiger partial charge in [0.15, 0.2) is 0 Å². The summed E-state index contributed by atoms with van der Waals surface area (Å²) in [5.74, 6) is -1.13. The topological polar surface area (TPSA) is 66.4 Å². The summed E-state index contributed by atoms with van der Waals surface area (Å²) in [5, 5.41) is 11.7. The van der Waals surface area contributed by atoms with Crippen LogP contribution in [0.5, 0.6) is 0 Å². The van der Waals surface area contributed by atoms with Gasteiger partial charge in [0.05, 0.1) is 6.42 Å². The predicted octanol–water partition coefficient (Wildman–Crippen LogP) is 4.23. The third-order valence-corrected chi connectivity index (χ3v) is 3.77. The highest BCUT2D eigenvalue weighted by Gasteiger charge is 2.09. The second-order valence-corrected chi connectivity index (χ2v) is 5.67. The van der Waals surface area contributed by atoms with Gasteiger partial charge in [0.25, 0.3) is 5.91 Å². The van der Waals surface area contributed by atoms with E-state index in [-0.39, 0.29) is 12.3 Å². The zero-order chi connectivity index (χ0) is 17.6. The molecule has 4 heteroatoms. The van der Waals surface area contributed by atoms with Gasteiger partial charge in [0, 0.05) is 11.3 Å². The number of aliphatic carboxylic acids is 1. The minimum absolute atomic E-state index is 0.0762. The average Bonchev–Trinajstić information content (AvgIpc) is 2.62. The van der Waals surface area contributed by atoms with E-state index in [0.717, 1.165) is 11.1 Å². The van der Waals surface area contributed by atoms with Gasteiger partial charge in [0.1, 0.15) is 0 Å². The molecule has 0 unspecified atom stereocenters. The van der Waals surface area contributed by atoms with Crippen LogP contribution < -0.4 is 5.32 Å². The van der Waals surface area contributed by atoms with Gasteiger partial charge in [-0.1, -0.05) is 54.6 Å². The van der Waals surface area contributed by atoms with Gasteiger partial charge in [-0.2, -0.15) is 0 Å². The average molecular weight is 331 g/mol. The Morgan fingerprint density at radius 2 is 1.52 bits per heavy atom. The van der Waals surface area contributed by atoms with Crippen molar-refractivity contribution < 1.29 is 14.7 Å². The van der Waals surface area contributed by atoms with Crippen LogP contribution in [0.15, 0.2) is 78.9 Å². The molecule has 0 fully saturated rings. The maximum absolute atomic E-state index is 12.5. The number of nitrogens with one attached hydrogen (secondary N) is 1. The van der Waals surface area contributed by atoms with Gasteiger partial charge < -0.3 is 10.4 Å². The van der Waals surface area contributed by atoms with Gasteiger partial charge in [-0.05, 0) is 41.0 Å². The van der Waals surface area contributed by atoms with Gasteiger partial charge >= 0.3 is 5.97 Å². The highest BCUT2D eigenvalue weighted by Crippen LogP contribution is 2.21. The molecule has 0 atom stereocenters. The Morgan fingerprint density at radius 3 is 2.28 bits per heavy atom. The Labute approximate surface area is 145 Å². The largest absolute Gasteiger partial charge is 0.481 e. The number of carboxylic acid groups (broad SMARTS) is 1. The van der Waals surface area contributed by atoms with E-state index in [1.807, 2.05) is 48.5 Å². The second-order valence-electron chi connectivity index (χ2n) is 5.67. The van der Waals surface area contributed by atoms with E-state index in [2.05, 4.69) is 5.32 Å².